The summed E-state index contributed by atoms with van der Waals surface area (Å²) >= 11 is 0. The number of aliphatic hydroxyl groups is 2. The van der Waals surface area contributed by atoms with Gasteiger partial charge < -0.3 is 25.3 Å². The van der Waals surface area contributed by atoms with Gasteiger partial charge in [0, 0.05) is 50.0 Å². The van der Waals surface area contributed by atoms with Gasteiger partial charge in [-0.3, -0.25) is 4.79 Å². The van der Waals surface area contributed by atoms with Gasteiger partial charge >= 0.3 is 0 Å². The number of hydrogen-bond acceptors (Lipinski definition) is 5. The van der Waals surface area contributed by atoms with Crippen LogP contribution in [0.1, 0.15) is 54.1 Å². The lowest BCUT2D eigenvalue weighted by atomic mass is 9.88. The predicted octanol–water partition coefficient (Wildman–Crippen LogP) is 2.75. The Morgan fingerprint density at radius 3 is 2.41 bits per heavy atom. The summed E-state index contributed by atoms with van der Waals surface area (Å²) in [7, 11) is 0. The number of nitrogens with one attached hydrogen (secondary N) is 1. The van der Waals surface area contributed by atoms with Crippen LogP contribution in [0.15, 0.2) is 48.5 Å². The van der Waals surface area contributed by atoms with Gasteiger partial charge in [-0.2, -0.15) is 0 Å². The van der Waals surface area contributed by atoms with Crippen LogP contribution < -0.4 is 10.2 Å². The van der Waals surface area contributed by atoms with Gasteiger partial charge in [0.25, 0.3) is 5.91 Å². The van der Waals surface area contributed by atoms with Crippen molar-refractivity contribution in [3.8, 4) is 0 Å². The van der Waals surface area contributed by atoms with E-state index in [9.17, 15) is 15.0 Å². The SMILES string of the molecule is CC(C)NCc1cccc(C2CCN(C(=O)c3cccc(N4C[C@@H](O)[C@@H](O)C4)c3)CC2)c1. The molecule has 2 heterocycles. The van der Waals surface area contributed by atoms with Gasteiger partial charge in [0.15, 0.2) is 0 Å². The molecule has 0 aromatic heterocycles. The smallest absolute Gasteiger partial charge is 0.253 e. The van der Waals surface area contributed by atoms with E-state index in [1.807, 2.05) is 34.1 Å². The van der Waals surface area contributed by atoms with Crippen LogP contribution in [0.4, 0.5) is 5.69 Å². The third-order valence-electron chi connectivity index (χ3n) is 6.64. The van der Waals surface area contributed by atoms with E-state index in [2.05, 4.69) is 43.4 Å². The molecular weight excluding hydrogens is 402 g/mol. The number of likely N-dealkylation sites (tertiary alicyclic amines) is 1. The Hall–Kier alpha value is -2.41. The van der Waals surface area contributed by atoms with Gasteiger partial charge in [-0.25, -0.2) is 0 Å². The van der Waals surface area contributed by atoms with Crippen LogP contribution in [0.25, 0.3) is 0 Å². The molecule has 6 nitrogen and oxygen atoms in total. The van der Waals surface area contributed by atoms with Crippen LogP contribution in [-0.4, -0.2) is 65.4 Å². The van der Waals surface area contributed by atoms with Crippen LogP contribution in [-0.2, 0) is 6.54 Å². The minimum Gasteiger partial charge on any atom is -0.389 e. The van der Waals surface area contributed by atoms with Crippen LogP contribution >= 0.6 is 0 Å². The average molecular weight is 438 g/mol. The number of anilines is 1. The van der Waals surface area contributed by atoms with Crippen LogP contribution in [0.3, 0.4) is 0 Å². The first kappa shape index (κ1) is 22.8. The quantitative estimate of drug-likeness (QED) is 0.648. The fraction of sp³-hybridized carbons (Fsp3) is 0.500. The third kappa shape index (κ3) is 5.31. The number of carbonyl (C=O) groups excluding carboxylic acids is 1. The van der Waals surface area contributed by atoms with Crippen molar-refractivity contribution in [2.75, 3.05) is 31.1 Å². The Balaban J connectivity index is 1.36. The molecule has 0 spiro atoms. The van der Waals surface area contributed by atoms with Gasteiger partial charge in [0.2, 0.25) is 0 Å². The number of amides is 1. The number of benzene rings is 2. The van der Waals surface area contributed by atoms with Gasteiger partial charge in [0.05, 0.1) is 12.2 Å². The molecular formula is C26H35N3O3. The fourth-order valence-electron chi connectivity index (χ4n) is 4.69. The fourth-order valence-corrected chi connectivity index (χ4v) is 4.69. The Morgan fingerprint density at radius 1 is 1.03 bits per heavy atom. The first-order valence-corrected chi connectivity index (χ1v) is 11.7. The van der Waals surface area contributed by atoms with Crippen molar-refractivity contribution >= 4 is 11.6 Å². The zero-order chi connectivity index (χ0) is 22.7. The molecule has 6 heteroatoms. The molecule has 0 radical (unpaired) electrons. The van der Waals surface area contributed by atoms with Crippen LogP contribution in [0.5, 0.6) is 0 Å². The normalized spacial score (nSPS) is 22.0. The minimum absolute atomic E-state index is 0.0560. The molecule has 0 unspecified atom stereocenters. The average Bonchev–Trinajstić information content (AvgIpc) is 3.16. The second-order valence-electron chi connectivity index (χ2n) is 9.44. The number of rotatable bonds is 6. The van der Waals surface area contributed by atoms with Crippen LogP contribution in [0.2, 0.25) is 0 Å². The number of hydrogen-bond donors (Lipinski definition) is 3. The van der Waals surface area contributed by atoms with Crippen molar-refractivity contribution in [2.45, 2.75) is 57.4 Å². The maximum Gasteiger partial charge on any atom is 0.253 e. The second-order valence-corrected chi connectivity index (χ2v) is 9.44. The van der Waals surface area contributed by atoms with E-state index in [4.69, 9.17) is 0 Å². The molecule has 32 heavy (non-hydrogen) atoms. The van der Waals surface area contributed by atoms with Crippen LogP contribution in [0, 0.1) is 0 Å². The van der Waals surface area contributed by atoms with Gasteiger partial charge in [-0.15, -0.1) is 0 Å². The second kappa shape index (κ2) is 10.0. The van der Waals surface area contributed by atoms with E-state index in [1.54, 1.807) is 0 Å². The molecule has 3 N–H and O–H groups in total. The number of β-amino-alcohol motifs (C(OH)–C–C–N with tert-alkyl or cyclic N) is 2. The summed E-state index contributed by atoms with van der Waals surface area (Å²) in [6.45, 7) is 7.47. The first-order chi connectivity index (χ1) is 15.4. The highest BCUT2D eigenvalue weighted by Crippen LogP contribution is 2.30. The molecule has 172 valence electrons. The molecule has 0 bridgehead atoms. The first-order valence-electron chi connectivity index (χ1n) is 11.7. The largest absolute Gasteiger partial charge is 0.389 e. The lowest BCUT2D eigenvalue weighted by molar-refractivity contribution is 0.0572. The van der Waals surface area contributed by atoms with Crippen molar-refractivity contribution in [1.82, 2.24) is 10.2 Å². The lowest BCUT2D eigenvalue weighted by Crippen LogP contribution is -2.38. The molecule has 0 saturated carbocycles. The standard InChI is InChI=1S/C26H35N3O3/c1-18(2)27-15-19-5-3-6-21(13-19)20-9-11-28(12-10-20)26(32)22-7-4-8-23(14-22)29-16-24(30)25(31)17-29/h3-8,13-14,18,20,24-25,27,30-31H,9-12,15-17H2,1-2H3/t24-,25+. The van der Waals surface area contributed by atoms with Crippen molar-refractivity contribution in [3.05, 3.63) is 65.2 Å². The number of carbonyl (C=O) groups is 1. The van der Waals surface area contributed by atoms with E-state index in [1.165, 1.54) is 11.1 Å². The zero-order valence-corrected chi connectivity index (χ0v) is 19.1. The van der Waals surface area contributed by atoms with E-state index < -0.39 is 12.2 Å². The molecule has 2 saturated heterocycles. The molecule has 2 aromatic rings. The highest BCUT2D eigenvalue weighted by Gasteiger charge is 2.30. The van der Waals surface area contributed by atoms with E-state index in [0.29, 0.717) is 30.6 Å². The molecule has 2 fully saturated rings. The lowest BCUT2D eigenvalue weighted by Gasteiger charge is -2.32. The van der Waals surface area contributed by atoms with Gasteiger partial charge in [0.1, 0.15) is 0 Å². The molecule has 2 aliphatic heterocycles. The van der Waals surface area contributed by atoms with E-state index >= 15 is 0 Å². The highest BCUT2D eigenvalue weighted by molar-refractivity contribution is 5.95. The topological polar surface area (TPSA) is 76.0 Å². The third-order valence-corrected chi connectivity index (χ3v) is 6.64. The minimum atomic E-state index is -0.743. The van der Waals surface area contributed by atoms with Gasteiger partial charge in [-0.05, 0) is 48.1 Å². The predicted molar refractivity (Wildman–Crippen MR) is 127 cm³/mol. The van der Waals surface area contributed by atoms with Crippen molar-refractivity contribution in [3.63, 3.8) is 0 Å². The molecule has 4 rings (SSSR count). The van der Waals surface area contributed by atoms with Crippen molar-refractivity contribution in [1.29, 1.82) is 0 Å². The number of nitrogens with zero attached hydrogens (tertiary/aromatic N) is 2. The van der Waals surface area contributed by atoms with E-state index in [-0.39, 0.29) is 5.91 Å². The summed E-state index contributed by atoms with van der Waals surface area (Å²) in [6.07, 6.45) is 0.453. The highest BCUT2D eigenvalue weighted by atomic mass is 16.3. The number of aliphatic hydroxyl groups excluding tert-OH is 2. The summed E-state index contributed by atoms with van der Waals surface area (Å²) in [5.41, 5.74) is 4.21. The molecule has 2 atom stereocenters. The summed E-state index contributed by atoms with van der Waals surface area (Å²) in [5.74, 6) is 0.539. The van der Waals surface area contributed by atoms with Gasteiger partial charge in [-0.1, -0.05) is 44.2 Å². The number of piperidine rings is 1. The van der Waals surface area contributed by atoms with E-state index in [0.717, 1.165) is 38.2 Å². The Labute approximate surface area is 190 Å². The summed E-state index contributed by atoms with van der Waals surface area (Å²) in [4.78, 5) is 17.0. The summed E-state index contributed by atoms with van der Waals surface area (Å²) < 4.78 is 0. The molecule has 2 aliphatic rings. The monoisotopic (exact) mass is 437 g/mol. The zero-order valence-electron chi connectivity index (χ0n) is 19.1. The molecule has 1 amide bonds. The molecule has 0 aliphatic carbocycles. The summed E-state index contributed by atoms with van der Waals surface area (Å²) in [6, 6.07) is 16.8. The Morgan fingerprint density at radius 2 is 1.72 bits per heavy atom. The van der Waals surface area contributed by atoms with Crippen molar-refractivity contribution in [2.24, 2.45) is 0 Å². The Kier molecular flexibility index (Phi) is 7.13. The maximum absolute atomic E-state index is 13.1. The summed E-state index contributed by atoms with van der Waals surface area (Å²) in [5, 5.41) is 23.1. The maximum atomic E-state index is 13.1. The Bertz CT molecular complexity index is 914. The molecule has 2 aromatic carbocycles. The van der Waals surface area contributed by atoms with Crippen molar-refractivity contribution < 1.29 is 15.0 Å².